The van der Waals surface area contributed by atoms with E-state index < -0.39 is 35.6 Å². The summed E-state index contributed by atoms with van der Waals surface area (Å²) in [5, 5.41) is 12.1. The number of carboxylic acid groups (broad SMARTS) is 1. The summed E-state index contributed by atoms with van der Waals surface area (Å²) in [6.45, 7) is 3.56. The smallest absolute Gasteiger partial charge is 0.412 e. The Morgan fingerprint density at radius 2 is 1.50 bits per heavy atom. The highest BCUT2D eigenvalue weighted by molar-refractivity contribution is 7.10. The zero-order valence-electron chi connectivity index (χ0n) is 22.4. The van der Waals surface area contributed by atoms with Crippen LogP contribution in [0.4, 0.5) is 19.3 Å². The second kappa shape index (κ2) is 12.2. The lowest BCUT2D eigenvalue weighted by atomic mass is 10.0. The van der Waals surface area contributed by atoms with Crippen LogP contribution >= 0.6 is 11.5 Å². The van der Waals surface area contributed by atoms with E-state index in [2.05, 4.69) is 9.69 Å². The first-order valence-electron chi connectivity index (χ1n) is 12.8. The molecule has 0 unspecified atom stereocenters. The lowest BCUT2D eigenvalue weighted by molar-refractivity contribution is 0.0693. The highest BCUT2D eigenvalue weighted by Gasteiger charge is 2.20. The van der Waals surface area contributed by atoms with Crippen molar-refractivity contribution in [3.05, 3.63) is 119 Å². The number of carbonyl (C=O) groups excluding carboxylic acids is 1. The van der Waals surface area contributed by atoms with Gasteiger partial charge in [0.2, 0.25) is 0 Å². The molecule has 0 aliphatic carbocycles. The number of carbonyl (C=O) groups is 2. The van der Waals surface area contributed by atoms with Crippen molar-refractivity contribution in [3.8, 4) is 33.1 Å². The molecule has 0 radical (unpaired) electrons. The molecule has 5 aromatic rings. The van der Waals surface area contributed by atoms with Gasteiger partial charge in [0.05, 0.1) is 16.3 Å². The van der Waals surface area contributed by atoms with Crippen LogP contribution in [-0.4, -0.2) is 21.5 Å². The molecule has 2 N–H and O–H groups in total. The maximum absolute atomic E-state index is 15.0. The number of aryl methyl sites for hydroxylation is 1. The molecular formula is C32H24F2N2O5S. The monoisotopic (exact) mass is 586 g/mol. The lowest BCUT2D eigenvalue weighted by Crippen LogP contribution is -2.16. The molecule has 0 spiro atoms. The molecule has 212 valence electrons. The van der Waals surface area contributed by atoms with Gasteiger partial charge in [-0.25, -0.2) is 18.4 Å². The van der Waals surface area contributed by atoms with Crippen LogP contribution in [0.15, 0.2) is 91.0 Å². The number of hydrogen-bond donors (Lipinski definition) is 2. The minimum Gasteiger partial charge on any atom is -0.478 e. The third kappa shape index (κ3) is 6.13. The van der Waals surface area contributed by atoms with Crippen molar-refractivity contribution in [3.63, 3.8) is 0 Å². The largest absolute Gasteiger partial charge is 0.478 e. The molecule has 1 heterocycles. The summed E-state index contributed by atoms with van der Waals surface area (Å²) in [5.74, 6) is -4.13. The Balaban J connectivity index is 1.34. The van der Waals surface area contributed by atoms with Gasteiger partial charge in [-0.15, -0.1) is 0 Å². The Morgan fingerprint density at radius 1 is 0.881 bits per heavy atom. The lowest BCUT2D eigenvalue weighted by Gasteiger charge is -2.15. The first-order valence-corrected chi connectivity index (χ1v) is 13.6. The summed E-state index contributed by atoms with van der Waals surface area (Å²) in [6, 6.07) is 24.1. The van der Waals surface area contributed by atoms with Crippen LogP contribution in [-0.2, 0) is 4.74 Å². The van der Waals surface area contributed by atoms with E-state index in [0.29, 0.717) is 21.8 Å². The summed E-state index contributed by atoms with van der Waals surface area (Å²) in [5.41, 5.74) is 3.30. The molecule has 0 fully saturated rings. The Morgan fingerprint density at radius 3 is 2.17 bits per heavy atom. The number of nitrogens with zero attached hydrogens (tertiary/aromatic N) is 1. The van der Waals surface area contributed by atoms with E-state index in [-0.39, 0.29) is 16.9 Å². The number of benzene rings is 4. The fourth-order valence-corrected chi connectivity index (χ4v) is 5.13. The molecular weight excluding hydrogens is 562 g/mol. The Bertz CT molecular complexity index is 1730. The zero-order valence-corrected chi connectivity index (χ0v) is 23.2. The summed E-state index contributed by atoms with van der Waals surface area (Å²) in [6.07, 6.45) is -1.07. The number of anilines is 1. The molecule has 5 rings (SSSR count). The normalized spacial score (nSPS) is 11.5. The maximum atomic E-state index is 15.0. The molecule has 1 amide bonds. The predicted octanol–water partition coefficient (Wildman–Crippen LogP) is 8.86. The average Bonchev–Trinajstić information content (AvgIpc) is 3.34. The van der Waals surface area contributed by atoms with Gasteiger partial charge in [0.15, 0.2) is 17.4 Å². The summed E-state index contributed by atoms with van der Waals surface area (Å²) < 4.78 is 45.1. The molecule has 1 aromatic heterocycles. The zero-order chi connectivity index (χ0) is 29.8. The van der Waals surface area contributed by atoms with Crippen LogP contribution in [0.2, 0.25) is 0 Å². The quantitative estimate of drug-likeness (QED) is 0.188. The van der Waals surface area contributed by atoms with Crippen LogP contribution in [0.1, 0.15) is 34.6 Å². The molecule has 7 nitrogen and oxygen atoms in total. The van der Waals surface area contributed by atoms with E-state index in [1.807, 2.05) is 30.3 Å². The predicted molar refractivity (Wildman–Crippen MR) is 156 cm³/mol. The molecule has 0 bridgehead atoms. The van der Waals surface area contributed by atoms with Gasteiger partial charge in [-0.2, -0.15) is 4.37 Å². The number of aromatic carboxylic acids is 1. The van der Waals surface area contributed by atoms with Crippen LogP contribution < -0.4 is 10.1 Å². The molecule has 0 saturated carbocycles. The van der Waals surface area contributed by atoms with Crippen molar-refractivity contribution in [1.29, 1.82) is 0 Å². The number of ether oxygens (including phenoxy) is 2. The van der Waals surface area contributed by atoms with Gasteiger partial charge >= 0.3 is 12.1 Å². The molecule has 0 aliphatic heterocycles. The summed E-state index contributed by atoms with van der Waals surface area (Å²) in [4.78, 5) is 24.8. The van der Waals surface area contributed by atoms with E-state index in [4.69, 9.17) is 9.47 Å². The highest BCUT2D eigenvalue weighted by atomic mass is 32.1. The van der Waals surface area contributed by atoms with Crippen LogP contribution in [0.25, 0.3) is 21.6 Å². The minimum absolute atomic E-state index is 0.178. The topological polar surface area (TPSA) is 97.8 Å². The molecule has 10 heteroatoms. The Kier molecular flexibility index (Phi) is 8.26. The molecule has 0 saturated heterocycles. The van der Waals surface area contributed by atoms with Gasteiger partial charge in [-0.05, 0) is 71.9 Å². The van der Waals surface area contributed by atoms with Crippen molar-refractivity contribution in [2.75, 3.05) is 5.32 Å². The SMILES string of the molecule is Cc1nsc(-c2ccc(-c3cc(F)c(Oc4ccccc4C(=O)O)c(F)c3)cc2)c1NC(=O)O[C@H](C)c1ccccc1. The molecule has 4 aromatic carbocycles. The van der Waals surface area contributed by atoms with Crippen LogP contribution in [0, 0.1) is 18.6 Å². The van der Waals surface area contributed by atoms with Crippen molar-refractivity contribution in [2.24, 2.45) is 0 Å². The number of nitrogens with one attached hydrogen (secondary N) is 1. The first kappa shape index (κ1) is 28.4. The van der Waals surface area contributed by atoms with Gasteiger partial charge in [0.25, 0.3) is 0 Å². The second-order valence-electron chi connectivity index (χ2n) is 9.31. The van der Waals surface area contributed by atoms with Crippen molar-refractivity contribution < 1.29 is 33.0 Å². The third-order valence-electron chi connectivity index (χ3n) is 6.45. The Hall–Kier alpha value is -5.09. The van der Waals surface area contributed by atoms with E-state index in [1.165, 1.54) is 35.8 Å². The number of aromatic nitrogens is 1. The number of halogens is 2. The summed E-state index contributed by atoms with van der Waals surface area (Å²) in [7, 11) is 0. The summed E-state index contributed by atoms with van der Waals surface area (Å²) >= 11 is 1.20. The van der Waals surface area contributed by atoms with Crippen molar-refractivity contribution in [2.45, 2.75) is 20.0 Å². The molecule has 1 atom stereocenters. The minimum atomic E-state index is -1.28. The van der Waals surface area contributed by atoms with Crippen LogP contribution in [0.5, 0.6) is 11.5 Å². The van der Waals surface area contributed by atoms with E-state index in [1.54, 1.807) is 38.1 Å². The van der Waals surface area contributed by atoms with Gasteiger partial charge in [0, 0.05) is 0 Å². The van der Waals surface area contributed by atoms with E-state index >= 15 is 0 Å². The number of carboxylic acids is 1. The fourth-order valence-electron chi connectivity index (χ4n) is 4.28. The molecule has 0 aliphatic rings. The number of hydrogen-bond acceptors (Lipinski definition) is 6. The van der Waals surface area contributed by atoms with Gasteiger partial charge in [-0.3, -0.25) is 5.32 Å². The fraction of sp³-hybridized carbons (Fsp3) is 0.0938. The van der Waals surface area contributed by atoms with E-state index in [9.17, 15) is 23.5 Å². The molecule has 42 heavy (non-hydrogen) atoms. The van der Waals surface area contributed by atoms with Crippen molar-refractivity contribution in [1.82, 2.24) is 4.37 Å². The number of amides is 1. The Labute approximate surface area is 244 Å². The third-order valence-corrected chi connectivity index (χ3v) is 7.44. The standard InChI is InChI=1S/C32H24F2N2O5S/c1-18-28(35-32(39)40-19(2)20-8-4-3-5-9-20)30(42-36-18)22-14-12-21(13-15-22)23-16-25(33)29(26(34)17-23)41-27-11-7-6-10-24(27)31(37)38/h3-17,19H,1-2H3,(H,35,39)(H,37,38)/t19-/m1/s1. The van der Waals surface area contributed by atoms with Gasteiger partial charge in [0.1, 0.15) is 17.4 Å². The van der Waals surface area contributed by atoms with E-state index in [0.717, 1.165) is 23.3 Å². The first-order chi connectivity index (χ1) is 20.2. The number of rotatable bonds is 8. The maximum Gasteiger partial charge on any atom is 0.412 e. The highest BCUT2D eigenvalue weighted by Crippen LogP contribution is 2.38. The van der Waals surface area contributed by atoms with Crippen molar-refractivity contribution >= 4 is 29.3 Å². The van der Waals surface area contributed by atoms with Gasteiger partial charge in [-0.1, -0.05) is 66.7 Å². The number of para-hydroxylation sites is 1. The van der Waals surface area contributed by atoms with Crippen LogP contribution in [0.3, 0.4) is 0 Å². The average molecular weight is 587 g/mol. The van der Waals surface area contributed by atoms with Gasteiger partial charge < -0.3 is 14.6 Å². The second-order valence-corrected chi connectivity index (χ2v) is 10.1.